The minimum atomic E-state index is -4.81. The Morgan fingerprint density at radius 2 is 1.96 bits per heavy atom. The molecule has 128 valence electrons. The number of nitrogens with zero attached hydrogens (tertiary/aromatic N) is 2. The van der Waals surface area contributed by atoms with Crippen molar-refractivity contribution in [1.82, 2.24) is 9.88 Å². The predicted octanol–water partition coefficient (Wildman–Crippen LogP) is 4.07. The summed E-state index contributed by atoms with van der Waals surface area (Å²) in [7, 11) is 2.94. The molecule has 1 heterocycles. The fraction of sp³-hybridized carbons (Fsp3) is 0.571. The van der Waals surface area contributed by atoms with Gasteiger partial charge in [0.15, 0.2) is 16.7 Å². The molecule has 1 N–H and O–H groups in total. The minimum Gasteiger partial charge on any atom is -0.381 e. The molecular formula is C14H17F4N3OS. The van der Waals surface area contributed by atoms with E-state index in [4.69, 9.17) is 0 Å². The van der Waals surface area contributed by atoms with Crippen LogP contribution in [0, 0.1) is 0 Å². The number of carbonyl (C=O) groups excluding carboxylic acids is 1. The molecule has 0 spiro atoms. The number of Topliss-reactive ketones (excluding diaryl/α,β-unsaturated/α-hetero) is 1. The van der Waals surface area contributed by atoms with E-state index < -0.39 is 28.4 Å². The maximum absolute atomic E-state index is 13.8. The van der Waals surface area contributed by atoms with Gasteiger partial charge in [0.2, 0.25) is 5.78 Å². The molecule has 0 bridgehead atoms. The summed E-state index contributed by atoms with van der Waals surface area (Å²) in [5, 5.41) is 2.92. The van der Waals surface area contributed by atoms with Crippen LogP contribution in [0.15, 0.2) is 12.0 Å². The van der Waals surface area contributed by atoms with E-state index >= 15 is 0 Å². The van der Waals surface area contributed by atoms with Crippen LogP contribution < -0.4 is 5.32 Å². The highest BCUT2D eigenvalue weighted by Crippen LogP contribution is 2.38. The van der Waals surface area contributed by atoms with Gasteiger partial charge in [0.25, 0.3) is 0 Å². The van der Waals surface area contributed by atoms with Gasteiger partial charge in [-0.3, -0.25) is 4.79 Å². The first-order chi connectivity index (χ1) is 10.7. The van der Waals surface area contributed by atoms with E-state index in [1.807, 2.05) is 0 Å². The Morgan fingerprint density at radius 3 is 2.48 bits per heavy atom. The van der Waals surface area contributed by atoms with Crippen molar-refractivity contribution < 1.29 is 22.4 Å². The third-order valence-electron chi connectivity index (χ3n) is 3.37. The van der Waals surface area contributed by atoms with Crippen LogP contribution in [0.25, 0.3) is 0 Å². The molecule has 0 saturated heterocycles. The van der Waals surface area contributed by atoms with Gasteiger partial charge in [0.1, 0.15) is 4.88 Å². The van der Waals surface area contributed by atoms with Crippen molar-refractivity contribution in [3.05, 3.63) is 22.6 Å². The van der Waals surface area contributed by atoms with Crippen LogP contribution in [0.3, 0.4) is 0 Å². The molecule has 0 unspecified atom stereocenters. The van der Waals surface area contributed by atoms with E-state index in [2.05, 4.69) is 10.3 Å². The Labute approximate surface area is 135 Å². The lowest BCUT2D eigenvalue weighted by molar-refractivity contribution is -0.140. The number of allylic oxidation sites excluding steroid dienone is 1. The van der Waals surface area contributed by atoms with Gasteiger partial charge >= 0.3 is 6.18 Å². The molecule has 2 rings (SSSR count). The highest BCUT2D eigenvalue weighted by Gasteiger charge is 2.40. The Balaban J connectivity index is 2.32. The number of halogens is 4. The number of aromatic nitrogens is 1. The second kappa shape index (κ2) is 6.86. The fourth-order valence-corrected chi connectivity index (χ4v) is 3.37. The molecule has 0 aliphatic heterocycles. The van der Waals surface area contributed by atoms with E-state index in [1.165, 1.54) is 19.0 Å². The van der Waals surface area contributed by atoms with Gasteiger partial charge in [0, 0.05) is 26.3 Å². The number of hydrogen-bond donors (Lipinski definition) is 1. The molecule has 0 amide bonds. The average Bonchev–Trinajstić information content (AvgIpc) is 3.06. The van der Waals surface area contributed by atoms with Crippen molar-refractivity contribution in [2.24, 2.45) is 0 Å². The number of anilines is 1. The number of alkyl halides is 3. The minimum absolute atomic E-state index is 0.00484. The van der Waals surface area contributed by atoms with E-state index in [0.29, 0.717) is 11.3 Å². The molecule has 4 nitrogen and oxygen atoms in total. The van der Waals surface area contributed by atoms with Gasteiger partial charge in [-0.25, -0.2) is 9.37 Å². The van der Waals surface area contributed by atoms with Crippen LogP contribution in [0.5, 0.6) is 0 Å². The van der Waals surface area contributed by atoms with Gasteiger partial charge in [-0.15, -0.1) is 0 Å². The molecule has 23 heavy (non-hydrogen) atoms. The highest BCUT2D eigenvalue weighted by atomic mass is 32.1. The number of carbonyl (C=O) groups is 1. The molecule has 1 aliphatic carbocycles. The molecule has 1 saturated carbocycles. The number of thiazole rings is 1. The molecule has 0 atom stereocenters. The van der Waals surface area contributed by atoms with Gasteiger partial charge in [-0.1, -0.05) is 24.2 Å². The third-order valence-corrected chi connectivity index (χ3v) is 4.36. The lowest BCUT2D eigenvalue weighted by Crippen LogP contribution is -2.15. The van der Waals surface area contributed by atoms with Crippen molar-refractivity contribution in [2.45, 2.75) is 37.9 Å². The van der Waals surface area contributed by atoms with Crippen LogP contribution in [-0.2, 0) is 6.18 Å². The van der Waals surface area contributed by atoms with Gasteiger partial charge in [0.05, 0.1) is 0 Å². The molecule has 0 radical (unpaired) electrons. The summed E-state index contributed by atoms with van der Waals surface area (Å²) in [6.07, 6.45) is -0.275. The van der Waals surface area contributed by atoms with E-state index in [9.17, 15) is 22.4 Å². The summed E-state index contributed by atoms with van der Waals surface area (Å²) < 4.78 is 53.0. The average molecular weight is 351 g/mol. The molecule has 1 aromatic heterocycles. The second-order valence-electron chi connectivity index (χ2n) is 5.59. The SMILES string of the molecule is CN(C)/C=C(/F)C(=O)c1sc(NC2CCCC2)nc1C(F)(F)F. The number of nitrogens with one attached hydrogen (secondary N) is 1. The zero-order valence-electron chi connectivity index (χ0n) is 12.7. The van der Waals surface area contributed by atoms with Crippen LogP contribution >= 0.6 is 11.3 Å². The van der Waals surface area contributed by atoms with Crippen LogP contribution in [0.1, 0.15) is 41.0 Å². The maximum atomic E-state index is 13.8. The van der Waals surface area contributed by atoms with Crippen LogP contribution in [0.4, 0.5) is 22.7 Å². The van der Waals surface area contributed by atoms with E-state index in [0.717, 1.165) is 31.9 Å². The highest BCUT2D eigenvalue weighted by molar-refractivity contribution is 7.17. The maximum Gasteiger partial charge on any atom is 0.435 e. The topological polar surface area (TPSA) is 45.2 Å². The molecule has 1 aliphatic rings. The van der Waals surface area contributed by atoms with Crippen molar-refractivity contribution >= 4 is 22.3 Å². The summed E-state index contributed by atoms with van der Waals surface area (Å²) in [4.78, 5) is 16.0. The second-order valence-corrected chi connectivity index (χ2v) is 6.59. The summed E-state index contributed by atoms with van der Waals surface area (Å²) in [6.45, 7) is 0. The first-order valence-corrected chi connectivity index (χ1v) is 7.93. The van der Waals surface area contributed by atoms with Crippen molar-refractivity contribution in [3.8, 4) is 0 Å². The largest absolute Gasteiger partial charge is 0.435 e. The number of ketones is 1. The lowest BCUT2D eigenvalue weighted by atomic mass is 10.2. The van der Waals surface area contributed by atoms with Gasteiger partial charge in [-0.05, 0) is 12.8 Å². The Morgan fingerprint density at radius 1 is 1.35 bits per heavy atom. The summed E-state index contributed by atoms with van der Waals surface area (Å²) in [5.74, 6) is -2.56. The summed E-state index contributed by atoms with van der Waals surface area (Å²) in [5.41, 5.74) is -1.34. The van der Waals surface area contributed by atoms with Gasteiger partial charge in [-0.2, -0.15) is 13.2 Å². The first-order valence-electron chi connectivity index (χ1n) is 7.11. The quantitative estimate of drug-likeness (QED) is 0.493. The Hall–Kier alpha value is -1.64. The van der Waals surface area contributed by atoms with Gasteiger partial charge < -0.3 is 10.2 Å². The molecular weight excluding hydrogens is 334 g/mol. The third kappa shape index (κ3) is 4.43. The zero-order chi connectivity index (χ0) is 17.2. The zero-order valence-corrected chi connectivity index (χ0v) is 13.5. The standard InChI is InChI=1S/C14H17F4N3OS/c1-21(2)7-9(15)10(22)11-12(14(16,17)18)20-13(23-11)19-8-5-3-4-6-8/h7-8H,3-6H2,1-2H3,(H,19,20)/b9-7+. The monoisotopic (exact) mass is 351 g/mol. The number of hydrogen-bond acceptors (Lipinski definition) is 5. The molecule has 9 heteroatoms. The Kier molecular flexibility index (Phi) is 5.28. The van der Waals surface area contributed by atoms with Crippen LogP contribution in [-0.4, -0.2) is 35.8 Å². The first kappa shape index (κ1) is 17.7. The van der Waals surface area contributed by atoms with E-state index in [-0.39, 0.29) is 11.2 Å². The number of rotatable bonds is 5. The fourth-order valence-electron chi connectivity index (χ4n) is 2.37. The lowest BCUT2D eigenvalue weighted by Gasteiger charge is -2.09. The Bertz CT molecular complexity index is 604. The van der Waals surface area contributed by atoms with Crippen LogP contribution in [0.2, 0.25) is 0 Å². The normalized spacial score (nSPS) is 16.7. The molecule has 1 aromatic rings. The molecule has 0 aromatic carbocycles. The molecule has 1 fully saturated rings. The predicted molar refractivity (Wildman–Crippen MR) is 80.2 cm³/mol. The van der Waals surface area contributed by atoms with E-state index in [1.54, 1.807) is 0 Å². The smallest absolute Gasteiger partial charge is 0.381 e. The van der Waals surface area contributed by atoms with Crippen molar-refractivity contribution in [2.75, 3.05) is 19.4 Å². The summed E-state index contributed by atoms with van der Waals surface area (Å²) in [6, 6.07) is 0.0485. The van der Waals surface area contributed by atoms with Crippen molar-refractivity contribution in [3.63, 3.8) is 0 Å². The van der Waals surface area contributed by atoms with Crippen molar-refractivity contribution in [1.29, 1.82) is 0 Å². The summed E-state index contributed by atoms with van der Waals surface area (Å²) >= 11 is 0.546.